The summed E-state index contributed by atoms with van der Waals surface area (Å²) < 4.78 is 23.2. The topological polar surface area (TPSA) is 277 Å². The van der Waals surface area contributed by atoms with Gasteiger partial charge in [-0.2, -0.15) is 0 Å². The van der Waals surface area contributed by atoms with Gasteiger partial charge in [0.05, 0.1) is 36.6 Å². The van der Waals surface area contributed by atoms with E-state index in [2.05, 4.69) is 0 Å². The number of hydrogen-bond donors (Lipinski definition) is 11. The molecule has 0 radical (unpaired) electrons. The lowest BCUT2D eigenvalue weighted by Crippen LogP contribution is -2.59. The van der Waals surface area contributed by atoms with Crippen molar-refractivity contribution in [1.29, 1.82) is 0 Å². The lowest BCUT2D eigenvalue weighted by atomic mass is 9.54. The second-order valence-corrected chi connectivity index (χ2v) is 17.6. The molecule has 0 aromatic rings. The maximum atomic E-state index is 12.1. The fourth-order valence-corrected chi connectivity index (χ4v) is 8.32. The van der Waals surface area contributed by atoms with E-state index in [1.807, 2.05) is 32.9 Å². The minimum Gasteiger partial charge on any atom is -0.394 e. The second kappa shape index (κ2) is 21.9. The van der Waals surface area contributed by atoms with Crippen LogP contribution in [0.4, 0.5) is 0 Å². The largest absolute Gasteiger partial charge is 0.394 e. The number of allylic oxidation sites excluding steroid dienone is 4. The van der Waals surface area contributed by atoms with Crippen molar-refractivity contribution in [2.45, 2.75) is 191 Å². The Labute approximate surface area is 342 Å². The number of hydrogen-bond acceptors (Lipinski definition) is 16. The van der Waals surface area contributed by atoms with E-state index in [4.69, 9.17) is 18.9 Å². The zero-order valence-corrected chi connectivity index (χ0v) is 35.2. The van der Waals surface area contributed by atoms with Crippen molar-refractivity contribution < 1.29 is 79.9 Å². The molecule has 11 N–H and O–H groups in total. The highest BCUT2D eigenvalue weighted by Gasteiger charge is 2.52. The van der Waals surface area contributed by atoms with Gasteiger partial charge in [0.25, 0.3) is 0 Å². The third kappa shape index (κ3) is 12.4. The Morgan fingerprint density at radius 2 is 1.47 bits per heavy atom. The van der Waals surface area contributed by atoms with Crippen LogP contribution in [0, 0.1) is 11.3 Å². The zero-order valence-electron chi connectivity index (χ0n) is 35.2. The first-order valence-corrected chi connectivity index (χ1v) is 20.5. The highest BCUT2D eigenvalue weighted by Crippen LogP contribution is 2.55. The molecule has 0 amide bonds. The van der Waals surface area contributed by atoms with Gasteiger partial charge in [-0.3, -0.25) is 4.79 Å². The van der Waals surface area contributed by atoms with E-state index in [1.54, 1.807) is 13.8 Å². The van der Waals surface area contributed by atoms with E-state index in [9.17, 15) is 61.0 Å². The van der Waals surface area contributed by atoms with Gasteiger partial charge in [-0.1, -0.05) is 30.2 Å². The molecular formula is C42H72O16. The summed E-state index contributed by atoms with van der Waals surface area (Å²) in [5.41, 5.74) is -0.0130. The standard InChI is InChI=1S/C42H72O16/c1-23(13-15-31(46)40(4,5)53)12-14-28(56-39-37(52)35(50)33(48)30(22-45)58-39)24(2)10-8-17-41(6)27(26(25(3)20-43)16-18-42(41,7)54)11-9-19-55-38-36(51)34(49)32(47)29(21-44)57-38/h10,12,20,27-39,44-54H,8-9,11,13-19,21-22H2,1-7H3/b23-12+,24-10+,26-25+/t27-,28-,29-,30-,31+,32-,33-,34+,35+,36-,37-,38-,39-,41+,42+/m1/s1. The normalized spacial score (nSPS) is 38.7. The van der Waals surface area contributed by atoms with Crippen molar-refractivity contribution in [3.05, 3.63) is 34.4 Å². The minimum atomic E-state index is -1.63. The quantitative estimate of drug-likeness (QED) is 0.0344. The molecule has 3 fully saturated rings. The van der Waals surface area contributed by atoms with E-state index in [0.29, 0.717) is 63.4 Å². The summed E-state index contributed by atoms with van der Waals surface area (Å²) in [5.74, 6) is -0.264. The van der Waals surface area contributed by atoms with E-state index in [0.717, 1.165) is 23.0 Å². The summed E-state index contributed by atoms with van der Waals surface area (Å²) in [4.78, 5) is 12.1. The van der Waals surface area contributed by atoms with Crippen LogP contribution in [0.5, 0.6) is 0 Å². The second-order valence-electron chi connectivity index (χ2n) is 17.6. The van der Waals surface area contributed by atoms with Gasteiger partial charge in [0.15, 0.2) is 12.6 Å². The molecule has 0 unspecified atom stereocenters. The third-order valence-electron chi connectivity index (χ3n) is 12.8. The summed E-state index contributed by atoms with van der Waals surface area (Å²) in [5, 5.41) is 114. The fourth-order valence-electron chi connectivity index (χ4n) is 8.32. The number of rotatable bonds is 20. The minimum absolute atomic E-state index is 0.0739. The summed E-state index contributed by atoms with van der Waals surface area (Å²) in [7, 11) is 0. The first kappa shape index (κ1) is 50.6. The van der Waals surface area contributed by atoms with E-state index in [-0.39, 0.29) is 12.5 Å². The molecule has 58 heavy (non-hydrogen) atoms. The van der Waals surface area contributed by atoms with Gasteiger partial charge in [-0.05, 0) is 116 Å². The first-order valence-electron chi connectivity index (χ1n) is 20.5. The van der Waals surface area contributed by atoms with Crippen molar-refractivity contribution in [2.75, 3.05) is 19.8 Å². The zero-order chi connectivity index (χ0) is 43.7. The maximum Gasteiger partial charge on any atom is 0.187 e. The lowest BCUT2D eigenvalue weighted by molar-refractivity contribution is -0.308. The fraction of sp³-hybridized carbons (Fsp3) is 0.833. The maximum absolute atomic E-state index is 12.1. The summed E-state index contributed by atoms with van der Waals surface area (Å²) in [6.07, 6.45) is -7.49. The van der Waals surface area contributed by atoms with E-state index in [1.165, 1.54) is 13.8 Å². The molecule has 16 nitrogen and oxygen atoms in total. The summed E-state index contributed by atoms with van der Waals surface area (Å²) in [6, 6.07) is 0. The molecule has 2 heterocycles. The molecule has 15 atom stereocenters. The Balaban J connectivity index is 1.84. The van der Waals surface area contributed by atoms with Crippen LogP contribution in [-0.4, -0.2) is 167 Å². The Bertz CT molecular complexity index is 1390. The van der Waals surface area contributed by atoms with Crippen LogP contribution in [0.2, 0.25) is 0 Å². The van der Waals surface area contributed by atoms with Crippen LogP contribution in [0.3, 0.4) is 0 Å². The molecule has 0 aromatic carbocycles. The third-order valence-corrected chi connectivity index (χ3v) is 12.8. The Kier molecular flexibility index (Phi) is 19.1. The SMILES string of the molecule is C/C(=C\C[C@@H](O[C@@H]1O[C@H](CO)[C@@H](O)[C@H](O)[C@H]1O)/C(C)=C/CC[C@@]1(C)[C@H](CCCO[C@@H]2O[C@H](CO)[C@@H](O)[C@H](O)[C@H]2O)/C(=C(\C)C=O)CC[C@]1(C)O)CC[C@H](O)C(C)(C)O. The van der Waals surface area contributed by atoms with Crippen LogP contribution in [0.1, 0.15) is 106 Å². The molecule has 2 aliphatic heterocycles. The number of ether oxygens (including phenoxy) is 4. The molecule has 2 saturated heterocycles. The van der Waals surface area contributed by atoms with Gasteiger partial charge < -0.3 is 75.1 Å². The smallest absolute Gasteiger partial charge is 0.187 e. The molecule has 0 spiro atoms. The molecule has 16 heteroatoms. The van der Waals surface area contributed by atoms with Crippen LogP contribution >= 0.6 is 0 Å². The van der Waals surface area contributed by atoms with Crippen molar-refractivity contribution in [2.24, 2.45) is 11.3 Å². The van der Waals surface area contributed by atoms with Crippen molar-refractivity contribution >= 4 is 6.29 Å². The van der Waals surface area contributed by atoms with Crippen molar-refractivity contribution in [3.8, 4) is 0 Å². The highest BCUT2D eigenvalue weighted by molar-refractivity contribution is 5.74. The first-order chi connectivity index (χ1) is 27.0. The van der Waals surface area contributed by atoms with Gasteiger partial charge in [0, 0.05) is 12.0 Å². The molecule has 3 aliphatic rings. The monoisotopic (exact) mass is 832 g/mol. The van der Waals surface area contributed by atoms with Gasteiger partial charge >= 0.3 is 0 Å². The number of carbonyl (C=O) groups excluding carboxylic acids is 1. The molecule has 1 aliphatic carbocycles. The van der Waals surface area contributed by atoms with Gasteiger partial charge in [0.2, 0.25) is 0 Å². The van der Waals surface area contributed by atoms with Crippen LogP contribution in [0.15, 0.2) is 34.4 Å². The van der Waals surface area contributed by atoms with Crippen LogP contribution in [-0.2, 0) is 23.7 Å². The average Bonchev–Trinajstić information content (AvgIpc) is 3.17. The van der Waals surface area contributed by atoms with E-state index < -0.39 is 103 Å². The van der Waals surface area contributed by atoms with Gasteiger partial charge in [-0.25, -0.2) is 0 Å². The summed E-state index contributed by atoms with van der Waals surface area (Å²) in [6.45, 7) is 11.2. The van der Waals surface area contributed by atoms with Crippen LogP contribution in [0.25, 0.3) is 0 Å². The number of aliphatic hydroxyl groups is 11. The number of aliphatic hydroxyl groups excluding tert-OH is 9. The molecule has 0 aromatic heterocycles. The average molecular weight is 833 g/mol. The van der Waals surface area contributed by atoms with Crippen LogP contribution < -0.4 is 0 Å². The number of aldehydes is 1. The number of carbonyl (C=O) groups is 1. The summed E-state index contributed by atoms with van der Waals surface area (Å²) >= 11 is 0. The predicted molar refractivity (Wildman–Crippen MR) is 211 cm³/mol. The predicted octanol–water partition coefficient (Wildman–Crippen LogP) is 0.426. The molecule has 1 saturated carbocycles. The Hall–Kier alpha value is -1.71. The Morgan fingerprint density at radius 3 is 2.02 bits per heavy atom. The van der Waals surface area contributed by atoms with E-state index >= 15 is 0 Å². The molecule has 336 valence electrons. The molecule has 3 rings (SSSR count). The van der Waals surface area contributed by atoms with Gasteiger partial charge in [0.1, 0.15) is 55.1 Å². The molecular weight excluding hydrogens is 760 g/mol. The van der Waals surface area contributed by atoms with Gasteiger partial charge in [-0.15, -0.1) is 0 Å². The lowest BCUT2D eigenvalue weighted by Gasteiger charge is -2.53. The Morgan fingerprint density at radius 1 is 0.897 bits per heavy atom. The highest BCUT2D eigenvalue weighted by atomic mass is 16.7. The molecule has 0 bridgehead atoms. The van der Waals surface area contributed by atoms with Crippen molar-refractivity contribution in [3.63, 3.8) is 0 Å². The van der Waals surface area contributed by atoms with Crippen molar-refractivity contribution in [1.82, 2.24) is 0 Å².